The number of nitro benzene ring substituents is 1. The fourth-order valence-electron chi connectivity index (χ4n) is 2.44. The Morgan fingerprint density at radius 1 is 1.39 bits per heavy atom. The van der Waals surface area contributed by atoms with Crippen molar-refractivity contribution in [3.8, 4) is 0 Å². The Bertz CT molecular complexity index is 628. The summed E-state index contributed by atoms with van der Waals surface area (Å²) >= 11 is 0. The van der Waals surface area contributed by atoms with Gasteiger partial charge in [-0.15, -0.1) is 0 Å². The maximum atomic E-state index is 11.7. The second kappa shape index (κ2) is 8.07. The molecule has 1 saturated heterocycles. The summed E-state index contributed by atoms with van der Waals surface area (Å²) in [7, 11) is 0. The molecule has 0 unspecified atom stereocenters. The molecule has 0 saturated carbocycles. The summed E-state index contributed by atoms with van der Waals surface area (Å²) in [5.74, 6) is -0.136. The van der Waals surface area contributed by atoms with Gasteiger partial charge in [0.15, 0.2) is 0 Å². The van der Waals surface area contributed by atoms with Gasteiger partial charge in [-0.2, -0.15) is 0 Å². The summed E-state index contributed by atoms with van der Waals surface area (Å²) < 4.78 is 0. The number of hydrogen-bond donors (Lipinski definition) is 1. The van der Waals surface area contributed by atoms with Crippen molar-refractivity contribution in [2.24, 2.45) is 0 Å². The minimum atomic E-state index is -0.482. The fraction of sp³-hybridized carbons (Fsp3) is 0.375. The molecule has 1 aliphatic rings. The molecule has 1 fully saturated rings. The first-order valence-electron chi connectivity index (χ1n) is 7.55. The van der Waals surface area contributed by atoms with E-state index in [2.05, 4.69) is 5.32 Å². The van der Waals surface area contributed by atoms with Crippen molar-refractivity contribution in [3.63, 3.8) is 0 Å². The lowest BCUT2D eigenvalue weighted by Gasteiger charge is -2.14. The lowest BCUT2D eigenvalue weighted by molar-refractivity contribution is -0.385. The normalized spacial score (nSPS) is 14.4. The van der Waals surface area contributed by atoms with Gasteiger partial charge in [-0.3, -0.25) is 19.7 Å². The van der Waals surface area contributed by atoms with E-state index >= 15 is 0 Å². The van der Waals surface area contributed by atoms with Crippen LogP contribution in [0.5, 0.6) is 0 Å². The first kappa shape index (κ1) is 16.7. The van der Waals surface area contributed by atoms with E-state index in [1.165, 1.54) is 18.2 Å². The molecule has 0 aliphatic carbocycles. The van der Waals surface area contributed by atoms with Crippen LogP contribution < -0.4 is 5.32 Å². The van der Waals surface area contributed by atoms with Gasteiger partial charge in [-0.05, 0) is 25.0 Å². The number of benzene rings is 1. The van der Waals surface area contributed by atoms with E-state index in [0.717, 1.165) is 13.0 Å². The van der Waals surface area contributed by atoms with Crippen molar-refractivity contribution in [1.82, 2.24) is 10.2 Å². The molecule has 7 nitrogen and oxygen atoms in total. The van der Waals surface area contributed by atoms with Gasteiger partial charge in [0, 0.05) is 38.2 Å². The molecule has 1 aromatic rings. The van der Waals surface area contributed by atoms with E-state index in [4.69, 9.17) is 0 Å². The molecule has 23 heavy (non-hydrogen) atoms. The van der Waals surface area contributed by atoms with Crippen molar-refractivity contribution in [1.29, 1.82) is 0 Å². The van der Waals surface area contributed by atoms with Crippen LogP contribution in [-0.4, -0.2) is 41.3 Å². The summed E-state index contributed by atoms with van der Waals surface area (Å²) in [6.07, 6.45) is 4.92. The average Bonchev–Trinajstić information content (AvgIpc) is 2.95. The Balaban J connectivity index is 1.76. The maximum absolute atomic E-state index is 11.7. The predicted molar refractivity (Wildman–Crippen MR) is 85.6 cm³/mol. The number of nitrogens with one attached hydrogen (secondary N) is 1. The summed E-state index contributed by atoms with van der Waals surface area (Å²) in [4.78, 5) is 35.3. The van der Waals surface area contributed by atoms with Gasteiger partial charge in [0.1, 0.15) is 0 Å². The minimum absolute atomic E-state index is 0.0379. The Labute approximate surface area is 134 Å². The molecule has 0 bridgehead atoms. The van der Waals surface area contributed by atoms with E-state index in [0.29, 0.717) is 31.5 Å². The molecule has 2 amide bonds. The van der Waals surface area contributed by atoms with E-state index in [1.54, 1.807) is 23.1 Å². The zero-order valence-corrected chi connectivity index (χ0v) is 12.7. The number of likely N-dealkylation sites (tertiary alicyclic amines) is 1. The lowest BCUT2D eigenvalue weighted by atomic mass is 10.1. The van der Waals surface area contributed by atoms with Crippen molar-refractivity contribution >= 4 is 23.6 Å². The minimum Gasteiger partial charge on any atom is -0.352 e. The largest absolute Gasteiger partial charge is 0.352 e. The molecule has 2 rings (SSSR count). The van der Waals surface area contributed by atoms with Crippen LogP contribution in [0, 0.1) is 10.1 Å². The van der Waals surface area contributed by atoms with Gasteiger partial charge >= 0.3 is 0 Å². The lowest BCUT2D eigenvalue weighted by Crippen LogP contribution is -2.29. The van der Waals surface area contributed by atoms with E-state index < -0.39 is 4.92 Å². The van der Waals surface area contributed by atoms with Crippen LogP contribution in [0.25, 0.3) is 6.08 Å². The third-order valence-corrected chi connectivity index (χ3v) is 3.62. The third kappa shape index (κ3) is 4.91. The number of carbonyl (C=O) groups excluding carboxylic acids is 2. The molecule has 7 heteroatoms. The number of hydrogen-bond acceptors (Lipinski definition) is 4. The molecule has 122 valence electrons. The standard InChI is InChI=1S/C16H19N3O4/c20-15(17-10-4-12-18-11-3-7-16(18)21)9-8-13-5-1-2-6-14(13)19(22)23/h1-2,5-6,8-9H,3-4,7,10-12H2,(H,17,20)/b9-8+. The average molecular weight is 317 g/mol. The van der Waals surface area contributed by atoms with Crippen LogP contribution in [0.1, 0.15) is 24.8 Å². The molecule has 0 aromatic heterocycles. The van der Waals surface area contributed by atoms with Gasteiger partial charge < -0.3 is 10.2 Å². The summed E-state index contributed by atoms with van der Waals surface area (Å²) in [5.41, 5.74) is 0.347. The molecular formula is C16H19N3O4. The zero-order chi connectivity index (χ0) is 16.7. The highest BCUT2D eigenvalue weighted by molar-refractivity contribution is 5.92. The topological polar surface area (TPSA) is 92.5 Å². The molecule has 1 heterocycles. The number of para-hydroxylation sites is 1. The van der Waals surface area contributed by atoms with Crippen molar-refractivity contribution in [2.75, 3.05) is 19.6 Å². The summed E-state index contributed by atoms with van der Waals surface area (Å²) in [5, 5.41) is 13.6. The molecule has 1 aromatic carbocycles. The number of nitrogens with zero attached hydrogens (tertiary/aromatic N) is 2. The van der Waals surface area contributed by atoms with Crippen molar-refractivity contribution < 1.29 is 14.5 Å². The van der Waals surface area contributed by atoms with Gasteiger partial charge in [-0.1, -0.05) is 12.1 Å². The Morgan fingerprint density at radius 3 is 2.87 bits per heavy atom. The number of nitro groups is 1. The molecule has 1 aliphatic heterocycles. The SMILES string of the molecule is O=C(/C=C/c1ccccc1[N+](=O)[O-])NCCCN1CCCC1=O. The summed E-state index contributed by atoms with van der Waals surface area (Å²) in [6, 6.07) is 6.23. The van der Waals surface area contributed by atoms with Gasteiger partial charge in [0.2, 0.25) is 11.8 Å². The Kier molecular flexibility index (Phi) is 5.85. The molecule has 0 radical (unpaired) electrons. The molecule has 0 spiro atoms. The second-order valence-electron chi connectivity index (χ2n) is 5.28. The van der Waals surface area contributed by atoms with Crippen LogP contribution in [0.3, 0.4) is 0 Å². The van der Waals surface area contributed by atoms with E-state index in [-0.39, 0.29) is 17.5 Å². The van der Waals surface area contributed by atoms with E-state index in [1.807, 2.05) is 0 Å². The molecular weight excluding hydrogens is 298 g/mol. The molecule has 0 atom stereocenters. The third-order valence-electron chi connectivity index (χ3n) is 3.62. The van der Waals surface area contributed by atoms with Crippen LogP contribution in [-0.2, 0) is 9.59 Å². The second-order valence-corrected chi connectivity index (χ2v) is 5.28. The monoisotopic (exact) mass is 317 g/mol. The summed E-state index contributed by atoms with van der Waals surface area (Å²) in [6.45, 7) is 1.90. The fourth-order valence-corrected chi connectivity index (χ4v) is 2.44. The highest BCUT2D eigenvalue weighted by Gasteiger charge is 2.18. The van der Waals surface area contributed by atoms with Crippen molar-refractivity contribution in [2.45, 2.75) is 19.3 Å². The van der Waals surface area contributed by atoms with Crippen LogP contribution in [0.4, 0.5) is 5.69 Å². The Hall–Kier alpha value is -2.70. The highest BCUT2D eigenvalue weighted by Crippen LogP contribution is 2.18. The highest BCUT2D eigenvalue weighted by atomic mass is 16.6. The number of rotatable bonds is 7. The van der Waals surface area contributed by atoms with Crippen LogP contribution in [0.2, 0.25) is 0 Å². The smallest absolute Gasteiger partial charge is 0.276 e. The number of carbonyl (C=O) groups is 2. The van der Waals surface area contributed by atoms with Gasteiger partial charge in [0.25, 0.3) is 5.69 Å². The maximum Gasteiger partial charge on any atom is 0.276 e. The predicted octanol–water partition coefficient (Wildman–Crippen LogP) is 1.74. The van der Waals surface area contributed by atoms with Gasteiger partial charge in [0.05, 0.1) is 10.5 Å². The van der Waals surface area contributed by atoms with Crippen LogP contribution in [0.15, 0.2) is 30.3 Å². The molecule has 1 N–H and O–H groups in total. The van der Waals surface area contributed by atoms with Crippen molar-refractivity contribution in [3.05, 3.63) is 46.0 Å². The quantitative estimate of drug-likeness (QED) is 0.359. The van der Waals surface area contributed by atoms with Gasteiger partial charge in [-0.25, -0.2) is 0 Å². The first-order chi connectivity index (χ1) is 11.1. The van der Waals surface area contributed by atoms with Crippen LogP contribution >= 0.6 is 0 Å². The Morgan fingerprint density at radius 2 is 2.17 bits per heavy atom. The first-order valence-corrected chi connectivity index (χ1v) is 7.55. The number of amides is 2. The zero-order valence-electron chi connectivity index (χ0n) is 12.7. The van der Waals surface area contributed by atoms with E-state index in [9.17, 15) is 19.7 Å².